The average molecular weight is 176 g/mol. The van der Waals surface area contributed by atoms with Crippen molar-refractivity contribution in [3.05, 3.63) is 30.2 Å². The first-order valence-corrected chi connectivity index (χ1v) is 4.54. The van der Waals surface area contributed by atoms with Gasteiger partial charge in [-0.2, -0.15) is 0 Å². The van der Waals surface area contributed by atoms with Crippen molar-refractivity contribution < 1.29 is 9.21 Å². The summed E-state index contributed by atoms with van der Waals surface area (Å²) in [6, 6.07) is 1.90. The van der Waals surface area contributed by atoms with Gasteiger partial charge in [-0.05, 0) is 30.6 Å². The predicted octanol–water partition coefficient (Wildman–Crippen LogP) is 2.66. The van der Waals surface area contributed by atoms with Gasteiger partial charge in [0.25, 0.3) is 0 Å². The van der Waals surface area contributed by atoms with Crippen molar-refractivity contribution in [3.63, 3.8) is 0 Å². The first-order valence-electron chi connectivity index (χ1n) is 4.54. The smallest absolute Gasteiger partial charge is 0.158 e. The van der Waals surface area contributed by atoms with Crippen LogP contribution in [0.15, 0.2) is 29.1 Å². The monoisotopic (exact) mass is 176 g/mol. The number of hydrogen-bond donors (Lipinski definition) is 0. The molecule has 1 aromatic heterocycles. The van der Waals surface area contributed by atoms with Crippen LogP contribution in [0.2, 0.25) is 0 Å². The van der Waals surface area contributed by atoms with Crippen molar-refractivity contribution in [1.82, 2.24) is 0 Å². The second kappa shape index (κ2) is 3.21. The normalized spacial score (nSPS) is 23.0. The minimum Gasteiger partial charge on any atom is -0.472 e. The highest BCUT2D eigenvalue weighted by atomic mass is 16.3. The second-order valence-corrected chi connectivity index (χ2v) is 3.52. The molecule has 1 aliphatic carbocycles. The Morgan fingerprint density at radius 1 is 1.54 bits per heavy atom. The molecule has 0 aromatic carbocycles. The molecule has 13 heavy (non-hydrogen) atoms. The molecule has 2 heteroatoms. The van der Waals surface area contributed by atoms with Crippen molar-refractivity contribution in [2.24, 2.45) is 5.92 Å². The highest BCUT2D eigenvalue weighted by molar-refractivity contribution is 5.99. The van der Waals surface area contributed by atoms with Crippen LogP contribution in [0, 0.1) is 5.92 Å². The van der Waals surface area contributed by atoms with Crippen LogP contribution in [0.4, 0.5) is 0 Å². The van der Waals surface area contributed by atoms with Crippen molar-refractivity contribution >= 4 is 11.4 Å². The van der Waals surface area contributed by atoms with Crippen LogP contribution in [0.5, 0.6) is 0 Å². The van der Waals surface area contributed by atoms with E-state index in [0.717, 1.165) is 24.0 Å². The van der Waals surface area contributed by atoms with E-state index in [-0.39, 0.29) is 11.7 Å². The number of rotatable bonds is 1. The van der Waals surface area contributed by atoms with Gasteiger partial charge < -0.3 is 4.42 Å². The van der Waals surface area contributed by atoms with Gasteiger partial charge in [-0.3, -0.25) is 4.79 Å². The van der Waals surface area contributed by atoms with Gasteiger partial charge in [0.15, 0.2) is 5.78 Å². The SMILES string of the molecule is C[C@H]1CCC(c2ccoc2)=CC1=O. The number of carbonyl (C=O) groups is 1. The largest absolute Gasteiger partial charge is 0.472 e. The Labute approximate surface area is 77.2 Å². The van der Waals surface area contributed by atoms with Crippen molar-refractivity contribution in [3.8, 4) is 0 Å². The Morgan fingerprint density at radius 2 is 2.38 bits per heavy atom. The molecular weight excluding hydrogens is 164 g/mol. The van der Waals surface area contributed by atoms with E-state index >= 15 is 0 Å². The fourth-order valence-electron chi connectivity index (χ4n) is 1.58. The first-order chi connectivity index (χ1) is 6.27. The van der Waals surface area contributed by atoms with Crippen molar-refractivity contribution in [1.29, 1.82) is 0 Å². The lowest BCUT2D eigenvalue weighted by Gasteiger charge is -2.15. The van der Waals surface area contributed by atoms with Gasteiger partial charge in [0.05, 0.1) is 12.5 Å². The van der Waals surface area contributed by atoms with E-state index in [4.69, 9.17) is 4.42 Å². The van der Waals surface area contributed by atoms with Crippen molar-refractivity contribution in [2.75, 3.05) is 0 Å². The Bertz CT molecular complexity index is 333. The third-order valence-electron chi connectivity index (χ3n) is 2.54. The highest BCUT2D eigenvalue weighted by Gasteiger charge is 2.18. The molecule has 1 atom stereocenters. The standard InChI is InChI=1S/C11H12O2/c1-8-2-3-9(6-11(8)12)10-4-5-13-7-10/h4-8H,2-3H2,1H3/t8-/m0/s1. The summed E-state index contributed by atoms with van der Waals surface area (Å²) in [4.78, 5) is 11.4. The molecule has 0 N–H and O–H groups in total. The first kappa shape index (κ1) is 8.30. The third kappa shape index (κ3) is 1.57. The maximum absolute atomic E-state index is 11.4. The van der Waals surface area contributed by atoms with E-state index in [1.165, 1.54) is 0 Å². The minimum absolute atomic E-state index is 0.190. The van der Waals surface area contributed by atoms with Gasteiger partial charge in [0.2, 0.25) is 0 Å². The molecule has 0 bridgehead atoms. The summed E-state index contributed by atoms with van der Waals surface area (Å²) in [6.07, 6.45) is 7.01. The van der Waals surface area contributed by atoms with Gasteiger partial charge in [0, 0.05) is 11.5 Å². The molecule has 0 fully saturated rings. The lowest BCUT2D eigenvalue weighted by molar-refractivity contribution is -0.118. The van der Waals surface area contributed by atoms with Crippen LogP contribution in [0.3, 0.4) is 0 Å². The molecule has 0 radical (unpaired) electrons. The summed E-state index contributed by atoms with van der Waals surface area (Å²) in [6.45, 7) is 1.98. The number of ketones is 1. The maximum atomic E-state index is 11.4. The third-order valence-corrected chi connectivity index (χ3v) is 2.54. The van der Waals surface area contributed by atoms with Crippen molar-refractivity contribution in [2.45, 2.75) is 19.8 Å². The Balaban J connectivity index is 2.27. The zero-order valence-electron chi connectivity index (χ0n) is 7.62. The van der Waals surface area contributed by atoms with Crippen LogP contribution < -0.4 is 0 Å². The molecule has 2 nitrogen and oxygen atoms in total. The molecule has 1 heterocycles. The quantitative estimate of drug-likeness (QED) is 0.658. The molecule has 0 amide bonds. The summed E-state index contributed by atoms with van der Waals surface area (Å²) < 4.78 is 4.98. The highest BCUT2D eigenvalue weighted by Crippen LogP contribution is 2.27. The molecule has 2 rings (SSSR count). The van der Waals surface area contributed by atoms with Gasteiger partial charge in [-0.15, -0.1) is 0 Å². The van der Waals surface area contributed by atoms with Gasteiger partial charge in [-0.25, -0.2) is 0 Å². The van der Waals surface area contributed by atoms with E-state index < -0.39 is 0 Å². The molecule has 1 aromatic rings. The Morgan fingerprint density at radius 3 is 3.00 bits per heavy atom. The molecule has 1 aliphatic rings. The average Bonchev–Trinajstić information content (AvgIpc) is 2.62. The second-order valence-electron chi connectivity index (χ2n) is 3.52. The molecule has 0 saturated carbocycles. The van der Waals surface area contributed by atoms with E-state index in [1.807, 2.05) is 13.0 Å². The topological polar surface area (TPSA) is 30.2 Å². The summed E-state index contributed by atoms with van der Waals surface area (Å²) in [5.74, 6) is 0.429. The molecule has 68 valence electrons. The van der Waals surface area contributed by atoms with Crippen LogP contribution in [0.1, 0.15) is 25.3 Å². The summed E-state index contributed by atoms with van der Waals surface area (Å²) in [5.41, 5.74) is 2.15. The fourth-order valence-corrected chi connectivity index (χ4v) is 1.58. The minimum atomic E-state index is 0.190. The van der Waals surface area contributed by atoms with Crippen LogP contribution >= 0.6 is 0 Å². The van der Waals surface area contributed by atoms with Gasteiger partial charge in [0.1, 0.15) is 0 Å². The van der Waals surface area contributed by atoms with Crippen LogP contribution in [-0.2, 0) is 4.79 Å². The molecule has 0 unspecified atom stereocenters. The van der Waals surface area contributed by atoms with Gasteiger partial charge in [-0.1, -0.05) is 6.92 Å². The number of hydrogen-bond acceptors (Lipinski definition) is 2. The molecular formula is C11H12O2. The number of carbonyl (C=O) groups excluding carboxylic acids is 1. The van der Waals surface area contributed by atoms with Crippen LogP contribution in [-0.4, -0.2) is 5.78 Å². The maximum Gasteiger partial charge on any atom is 0.158 e. The lowest BCUT2D eigenvalue weighted by atomic mass is 9.88. The fraction of sp³-hybridized carbons (Fsp3) is 0.364. The molecule has 0 spiro atoms. The van der Waals surface area contributed by atoms with Crippen LogP contribution in [0.25, 0.3) is 5.57 Å². The summed E-state index contributed by atoms with van der Waals surface area (Å²) in [5, 5.41) is 0. The lowest BCUT2D eigenvalue weighted by Crippen LogP contribution is -2.13. The van der Waals surface area contributed by atoms with Gasteiger partial charge >= 0.3 is 0 Å². The molecule has 0 saturated heterocycles. The number of furan rings is 1. The predicted molar refractivity (Wildman–Crippen MR) is 50.1 cm³/mol. The summed E-state index contributed by atoms with van der Waals surface area (Å²) >= 11 is 0. The van der Waals surface area contributed by atoms with E-state index in [1.54, 1.807) is 18.6 Å². The van der Waals surface area contributed by atoms with E-state index in [0.29, 0.717) is 0 Å². The molecule has 0 aliphatic heterocycles. The zero-order valence-corrected chi connectivity index (χ0v) is 7.62. The Hall–Kier alpha value is -1.31. The zero-order chi connectivity index (χ0) is 9.26. The van der Waals surface area contributed by atoms with E-state index in [2.05, 4.69) is 0 Å². The number of allylic oxidation sites excluding steroid dienone is 2. The van der Waals surface area contributed by atoms with E-state index in [9.17, 15) is 4.79 Å². The summed E-state index contributed by atoms with van der Waals surface area (Å²) in [7, 11) is 0. The Kier molecular flexibility index (Phi) is 2.05.